The number of hydrogen-bond donors (Lipinski definition) is 1. The summed E-state index contributed by atoms with van der Waals surface area (Å²) >= 11 is 0. The second-order valence-corrected chi connectivity index (χ2v) is 4.66. The Morgan fingerprint density at radius 3 is 2.52 bits per heavy atom. The molecule has 3 aromatic rings. The molecule has 0 saturated carbocycles. The van der Waals surface area contributed by atoms with E-state index in [1.54, 1.807) is 48.5 Å². The summed E-state index contributed by atoms with van der Waals surface area (Å²) in [6, 6.07) is 13.0. The molecule has 1 aromatic heterocycles. The van der Waals surface area contributed by atoms with Crippen LogP contribution in [-0.4, -0.2) is 18.2 Å². The van der Waals surface area contributed by atoms with E-state index in [4.69, 9.17) is 13.9 Å². The van der Waals surface area contributed by atoms with E-state index in [2.05, 4.69) is 0 Å². The molecular weight excluding hydrogens is 300 g/mol. The average molecular weight is 312 g/mol. The summed E-state index contributed by atoms with van der Waals surface area (Å²) in [5.41, 5.74) is -0.636. The number of carbonyl (C=O) groups excluding carboxylic acids is 1. The Balaban J connectivity index is 2.15. The van der Waals surface area contributed by atoms with Crippen molar-refractivity contribution in [3.63, 3.8) is 0 Å². The van der Waals surface area contributed by atoms with Gasteiger partial charge in [0.1, 0.15) is 0 Å². The lowest BCUT2D eigenvalue weighted by Gasteiger charge is -2.10. The van der Waals surface area contributed by atoms with Crippen molar-refractivity contribution in [2.75, 3.05) is 7.11 Å². The maximum atomic E-state index is 12.2. The Morgan fingerprint density at radius 2 is 1.83 bits per heavy atom. The van der Waals surface area contributed by atoms with Gasteiger partial charge in [0, 0.05) is 0 Å². The van der Waals surface area contributed by atoms with Crippen LogP contribution in [0.1, 0.15) is 10.4 Å². The van der Waals surface area contributed by atoms with Gasteiger partial charge < -0.3 is 19.0 Å². The first-order chi connectivity index (χ1) is 11.1. The largest absolute Gasteiger partial charge is 0.499 e. The highest BCUT2D eigenvalue weighted by Crippen LogP contribution is 2.36. The molecule has 0 bridgehead atoms. The van der Waals surface area contributed by atoms with Crippen LogP contribution >= 0.6 is 0 Å². The van der Waals surface area contributed by atoms with Crippen molar-refractivity contribution in [1.82, 2.24) is 0 Å². The van der Waals surface area contributed by atoms with Crippen molar-refractivity contribution in [3.8, 4) is 17.2 Å². The number of carbonyl (C=O) groups is 1. The smallest absolute Gasteiger partial charge is 0.382 e. The zero-order chi connectivity index (χ0) is 16.4. The Bertz CT molecular complexity index is 927. The summed E-state index contributed by atoms with van der Waals surface area (Å²) in [7, 11) is 1.41. The average Bonchev–Trinajstić information content (AvgIpc) is 2.59. The minimum atomic E-state index is -1.02. The molecule has 0 saturated heterocycles. The molecule has 0 spiro atoms. The molecule has 116 valence electrons. The molecule has 2 aromatic carbocycles. The predicted molar refractivity (Wildman–Crippen MR) is 82.1 cm³/mol. The van der Waals surface area contributed by atoms with Crippen LogP contribution in [-0.2, 0) is 0 Å². The van der Waals surface area contributed by atoms with Crippen molar-refractivity contribution in [1.29, 1.82) is 0 Å². The van der Waals surface area contributed by atoms with Gasteiger partial charge >= 0.3 is 11.6 Å². The van der Waals surface area contributed by atoms with Gasteiger partial charge in [0.25, 0.3) is 0 Å². The van der Waals surface area contributed by atoms with Gasteiger partial charge in [-0.05, 0) is 24.3 Å². The van der Waals surface area contributed by atoms with Crippen molar-refractivity contribution >= 4 is 16.9 Å². The van der Waals surface area contributed by atoms with Crippen LogP contribution in [0.15, 0.2) is 57.7 Å². The summed E-state index contributed by atoms with van der Waals surface area (Å²) in [5.74, 6) is -1.44. The molecule has 3 rings (SSSR count). The van der Waals surface area contributed by atoms with Crippen LogP contribution in [0.4, 0.5) is 0 Å². The molecule has 0 atom stereocenters. The Hall–Kier alpha value is -3.28. The third-order valence-electron chi connectivity index (χ3n) is 3.25. The van der Waals surface area contributed by atoms with Crippen LogP contribution in [0.25, 0.3) is 11.0 Å². The van der Waals surface area contributed by atoms with Crippen molar-refractivity contribution in [2.24, 2.45) is 0 Å². The van der Waals surface area contributed by atoms with E-state index in [1.165, 1.54) is 7.11 Å². The van der Waals surface area contributed by atoms with Gasteiger partial charge in [-0.25, -0.2) is 9.59 Å². The van der Waals surface area contributed by atoms with E-state index < -0.39 is 17.3 Å². The highest BCUT2D eigenvalue weighted by Gasteiger charge is 2.21. The quantitative estimate of drug-likeness (QED) is 0.591. The molecule has 1 N–H and O–H groups in total. The van der Waals surface area contributed by atoms with Gasteiger partial charge in [-0.1, -0.05) is 24.3 Å². The van der Waals surface area contributed by atoms with Gasteiger partial charge in [0.2, 0.25) is 5.75 Å². The van der Waals surface area contributed by atoms with E-state index in [9.17, 15) is 14.7 Å². The zero-order valence-electron chi connectivity index (χ0n) is 12.1. The van der Waals surface area contributed by atoms with Crippen molar-refractivity contribution in [3.05, 3.63) is 64.5 Å². The minimum Gasteiger partial charge on any atom is -0.499 e. The van der Waals surface area contributed by atoms with Crippen LogP contribution in [0.5, 0.6) is 17.2 Å². The number of aromatic hydroxyl groups is 1. The summed E-state index contributed by atoms with van der Waals surface area (Å²) < 4.78 is 15.4. The summed E-state index contributed by atoms with van der Waals surface area (Å²) in [6.45, 7) is 0. The van der Waals surface area contributed by atoms with Gasteiger partial charge in [-0.15, -0.1) is 0 Å². The highest BCUT2D eigenvalue weighted by molar-refractivity contribution is 5.96. The molecule has 0 unspecified atom stereocenters. The lowest BCUT2D eigenvalue weighted by molar-refractivity contribution is 0.0731. The fourth-order valence-electron chi connectivity index (χ4n) is 2.15. The number of hydrogen-bond acceptors (Lipinski definition) is 6. The zero-order valence-corrected chi connectivity index (χ0v) is 12.1. The molecule has 0 aliphatic heterocycles. The first-order valence-electron chi connectivity index (χ1n) is 6.72. The molecule has 6 heteroatoms. The summed E-state index contributed by atoms with van der Waals surface area (Å²) in [5, 5.41) is 10.2. The van der Waals surface area contributed by atoms with Crippen molar-refractivity contribution < 1.29 is 23.8 Å². The Labute approximate surface area is 130 Å². The van der Waals surface area contributed by atoms with E-state index in [1.807, 2.05) is 0 Å². The molecule has 0 aliphatic rings. The fraction of sp³-hybridized carbons (Fsp3) is 0.0588. The van der Waals surface area contributed by atoms with Crippen LogP contribution in [0, 0.1) is 0 Å². The monoisotopic (exact) mass is 312 g/mol. The molecule has 1 heterocycles. The molecule has 23 heavy (non-hydrogen) atoms. The molecule has 0 amide bonds. The van der Waals surface area contributed by atoms with Gasteiger partial charge in [0.05, 0.1) is 18.1 Å². The first-order valence-corrected chi connectivity index (χ1v) is 6.72. The minimum absolute atomic E-state index is 0.0914. The van der Waals surface area contributed by atoms with Crippen LogP contribution < -0.4 is 15.1 Å². The van der Waals surface area contributed by atoms with Crippen molar-refractivity contribution in [2.45, 2.75) is 0 Å². The number of methoxy groups -OCH3 is 1. The van der Waals surface area contributed by atoms with E-state index in [-0.39, 0.29) is 28.0 Å². The predicted octanol–water partition coefficient (Wildman–Crippen LogP) is 2.73. The Morgan fingerprint density at radius 1 is 1.09 bits per heavy atom. The maximum absolute atomic E-state index is 12.2. The molecule has 0 radical (unpaired) electrons. The van der Waals surface area contributed by atoms with Crippen LogP contribution in [0.2, 0.25) is 0 Å². The number of fused-ring (bicyclic) bond motifs is 1. The molecule has 6 nitrogen and oxygen atoms in total. The summed E-state index contributed by atoms with van der Waals surface area (Å²) in [6.07, 6.45) is 0. The van der Waals surface area contributed by atoms with Gasteiger partial charge in [-0.3, -0.25) is 0 Å². The third kappa shape index (κ3) is 2.62. The fourth-order valence-corrected chi connectivity index (χ4v) is 2.15. The number of benzene rings is 2. The highest BCUT2D eigenvalue weighted by atomic mass is 16.5. The van der Waals surface area contributed by atoms with Gasteiger partial charge in [0.15, 0.2) is 17.1 Å². The molecular formula is C17H12O6. The third-order valence-corrected chi connectivity index (χ3v) is 3.25. The first kappa shape index (κ1) is 14.6. The van der Waals surface area contributed by atoms with E-state index in [0.717, 1.165) is 0 Å². The second kappa shape index (κ2) is 5.84. The molecule has 0 aliphatic carbocycles. The van der Waals surface area contributed by atoms with Crippen LogP contribution in [0.3, 0.4) is 0 Å². The number of para-hydroxylation sites is 1. The topological polar surface area (TPSA) is 86.0 Å². The van der Waals surface area contributed by atoms with E-state index >= 15 is 0 Å². The Kier molecular flexibility index (Phi) is 3.72. The number of esters is 1. The van der Waals surface area contributed by atoms with E-state index in [0.29, 0.717) is 0 Å². The number of ether oxygens (including phenoxy) is 2. The molecule has 0 fully saturated rings. The standard InChI is InChI=1S/C17H12O6/c1-21-12-9-5-8-11-14(12)22-17(20)13(18)15(11)23-16(19)10-6-3-2-4-7-10/h2-9,18H,1H3. The SMILES string of the molecule is COc1cccc2c(OC(=O)c3ccccc3)c(O)c(=O)oc12. The number of rotatable bonds is 3. The lowest BCUT2D eigenvalue weighted by atomic mass is 10.2. The maximum Gasteiger partial charge on any atom is 0.382 e. The normalized spacial score (nSPS) is 10.5. The van der Waals surface area contributed by atoms with Gasteiger partial charge in [-0.2, -0.15) is 0 Å². The summed E-state index contributed by atoms with van der Waals surface area (Å²) in [4.78, 5) is 24.0. The second-order valence-electron chi connectivity index (χ2n) is 4.66. The lowest BCUT2D eigenvalue weighted by Crippen LogP contribution is -2.11.